The zero-order valence-electron chi connectivity index (χ0n) is 12.7. The lowest BCUT2D eigenvalue weighted by molar-refractivity contribution is -0.0541. The van der Waals surface area contributed by atoms with Crippen LogP contribution < -0.4 is 0 Å². The maximum Gasteiger partial charge on any atom is 0.358 e. The van der Waals surface area contributed by atoms with Crippen molar-refractivity contribution in [2.75, 3.05) is 7.11 Å². The monoisotopic (exact) mass is 321 g/mol. The third kappa shape index (κ3) is 3.20. The quantitative estimate of drug-likeness (QED) is 0.810. The average molecular weight is 321 g/mol. The summed E-state index contributed by atoms with van der Waals surface area (Å²) in [6.45, 7) is 0. The first-order valence-electron chi connectivity index (χ1n) is 7.35. The first kappa shape index (κ1) is 15.2. The first-order chi connectivity index (χ1) is 10.7. The minimum atomic E-state index is -0.375. The molecule has 1 aliphatic rings. The fraction of sp³-hybridized carbons (Fsp3) is 0.533. The summed E-state index contributed by atoms with van der Waals surface area (Å²) in [6.07, 6.45) is 7.40. The van der Waals surface area contributed by atoms with Gasteiger partial charge in [0.1, 0.15) is 11.1 Å². The second kappa shape index (κ2) is 6.58. The number of hydrogen-bond acceptors (Lipinski definition) is 6. The SMILES string of the molecule is COC1CCCCC1OC(=O)c1csc(-c2cnn(C)c2)n1. The van der Waals surface area contributed by atoms with Crippen LogP contribution in [0.5, 0.6) is 0 Å². The molecule has 7 heteroatoms. The van der Waals surface area contributed by atoms with Crippen LogP contribution in [0, 0.1) is 0 Å². The van der Waals surface area contributed by atoms with Gasteiger partial charge in [0.2, 0.25) is 0 Å². The van der Waals surface area contributed by atoms with Crippen LogP contribution in [0.15, 0.2) is 17.8 Å². The normalized spacial score (nSPS) is 21.7. The molecule has 1 fully saturated rings. The van der Waals surface area contributed by atoms with Crippen molar-refractivity contribution in [3.8, 4) is 10.6 Å². The Balaban J connectivity index is 1.69. The second-order valence-electron chi connectivity index (χ2n) is 5.44. The maximum absolute atomic E-state index is 12.3. The van der Waals surface area contributed by atoms with E-state index in [0.717, 1.165) is 36.3 Å². The highest BCUT2D eigenvalue weighted by Crippen LogP contribution is 2.26. The van der Waals surface area contributed by atoms with Gasteiger partial charge in [0.15, 0.2) is 5.69 Å². The Hall–Kier alpha value is -1.73. The van der Waals surface area contributed by atoms with Crippen LogP contribution in [0.3, 0.4) is 0 Å². The van der Waals surface area contributed by atoms with E-state index in [9.17, 15) is 4.79 Å². The molecule has 2 atom stereocenters. The predicted molar refractivity (Wildman–Crippen MR) is 82.8 cm³/mol. The fourth-order valence-corrected chi connectivity index (χ4v) is 3.46. The molecule has 2 unspecified atom stereocenters. The highest BCUT2D eigenvalue weighted by molar-refractivity contribution is 7.13. The molecule has 1 aliphatic carbocycles. The Morgan fingerprint density at radius 3 is 2.82 bits per heavy atom. The van der Waals surface area contributed by atoms with Crippen molar-refractivity contribution in [1.29, 1.82) is 0 Å². The second-order valence-corrected chi connectivity index (χ2v) is 6.30. The van der Waals surface area contributed by atoms with Crippen LogP contribution in [-0.4, -0.2) is 40.1 Å². The van der Waals surface area contributed by atoms with Gasteiger partial charge in [-0.1, -0.05) is 6.42 Å². The molecule has 0 amide bonds. The predicted octanol–water partition coefficient (Wildman–Crippen LogP) is 2.66. The van der Waals surface area contributed by atoms with Crippen molar-refractivity contribution in [2.45, 2.75) is 37.9 Å². The van der Waals surface area contributed by atoms with E-state index in [-0.39, 0.29) is 18.2 Å². The van der Waals surface area contributed by atoms with Gasteiger partial charge in [0.25, 0.3) is 0 Å². The molecule has 1 saturated carbocycles. The molecule has 2 aromatic rings. The van der Waals surface area contributed by atoms with Crippen LogP contribution in [0.25, 0.3) is 10.6 Å². The smallest absolute Gasteiger partial charge is 0.358 e. The number of aryl methyl sites for hydroxylation is 1. The summed E-state index contributed by atoms with van der Waals surface area (Å²) < 4.78 is 12.7. The number of methoxy groups -OCH3 is 1. The Kier molecular flexibility index (Phi) is 4.54. The Bertz CT molecular complexity index is 652. The molecular weight excluding hydrogens is 302 g/mol. The van der Waals surface area contributed by atoms with Crippen LogP contribution in [0.1, 0.15) is 36.2 Å². The molecule has 0 aliphatic heterocycles. The van der Waals surface area contributed by atoms with Gasteiger partial charge in [-0.05, 0) is 19.3 Å². The molecule has 0 N–H and O–H groups in total. The highest BCUT2D eigenvalue weighted by atomic mass is 32.1. The zero-order valence-corrected chi connectivity index (χ0v) is 13.5. The lowest BCUT2D eigenvalue weighted by atomic mass is 9.94. The van der Waals surface area contributed by atoms with E-state index in [1.54, 1.807) is 23.4 Å². The molecule has 0 saturated heterocycles. The average Bonchev–Trinajstić information content (AvgIpc) is 3.16. The topological polar surface area (TPSA) is 66.2 Å². The zero-order chi connectivity index (χ0) is 15.5. The first-order valence-corrected chi connectivity index (χ1v) is 8.23. The number of carbonyl (C=O) groups is 1. The van der Waals surface area contributed by atoms with E-state index in [2.05, 4.69) is 10.1 Å². The number of thiazole rings is 1. The minimum Gasteiger partial charge on any atom is -0.455 e. The van der Waals surface area contributed by atoms with Crippen molar-refractivity contribution in [2.24, 2.45) is 7.05 Å². The molecule has 2 aromatic heterocycles. The third-order valence-electron chi connectivity index (χ3n) is 3.87. The number of nitrogens with zero attached hydrogens (tertiary/aromatic N) is 3. The van der Waals surface area contributed by atoms with Gasteiger partial charge < -0.3 is 9.47 Å². The van der Waals surface area contributed by atoms with Gasteiger partial charge in [0.05, 0.1) is 12.3 Å². The number of hydrogen-bond donors (Lipinski definition) is 0. The summed E-state index contributed by atoms with van der Waals surface area (Å²) in [5.74, 6) is -0.375. The van der Waals surface area contributed by atoms with Gasteiger partial charge in [-0.3, -0.25) is 4.68 Å². The van der Waals surface area contributed by atoms with Crippen molar-refractivity contribution >= 4 is 17.3 Å². The number of ether oxygens (including phenoxy) is 2. The molecule has 0 spiro atoms. The highest BCUT2D eigenvalue weighted by Gasteiger charge is 2.29. The molecule has 2 heterocycles. The number of esters is 1. The molecule has 6 nitrogen and oxygen atoms in total. The van der Waals surface area contributed by atoms with Crippen molar-refractivity contribution in [1.82, 2.24) is 14.8 Å². The number of carbonyl (C=O) groups excluding carboxylic acids is 1. The van der Waals surface area contributed by atoms with Gasteiger partial charge in [-0.2, -0.15) is 5.10 Å². The van der Waals surface area contributed by atoms with Crippen LogP contribution >= 0.6 is 11.3 Å². The van der Waals surface area contributed by atoms with Crippen molar-refractivity contribution < 1.29 is 14.3 Å². The summed E-state index contributed by atoms with van der Waals surface area (Å²) in [5.41, 5.74) is 1.25. The fourth-order valence-electron chi connectivity index (χ4n) is 2.70. The Morgan fingerprint density at radius 2 is 2.14 bits per heavy atom. The summed E-state index contributed by atoms with van der Waals surface area (Å²) >= 11 is 1.42. The van der Waals surface area contributed by atoms with Crippen LogP contribution in [0.2, 0.25) is 0 Å². The summed E-state index contributed by atoms with van der Waals surface area (Å²) in [4.78, 5) is 16.6. The largest absolute Gasteiger partial charge is 0.455 e. The summed E-state index contributed by atoms with van der Waals surface area (Å²) in [6, 6.07) is 0. The van der Waals surface area contributed by atoms with Crippen molar-refractivity contribution in [3.63, 3.8) is 0 Å². The van der Waals surface area contributed by atoms with E-state index in [1.165, 1.54) is 11.3 Å². The Morgan fingerprint density at radius 1 is 1.36 bits per heavy atom. The minimum absolute atomic E-state index is 0.00544. The molecule has 118 valence electrons. The molecule has 0 aromatic carbocycles. The van der Waals surface area contributed by atoms with Crippen LogP contribution in [0.4, 0.5) is 0 Å². The molecule has 0 bridgehead atoms. The van der Waals surface area contributed by atoms with Crippen LogP contribution in [-0.2, 0) is 16.5 Å². The van der Waals surface area contributed by atoms with Gasteiger partial charge >= 0.3 is 5.97 Å². The van der Waals surface area contributed by atoms with Gasteiger partial charge in [-0.15, -0.1) is 11.3 Å². The standard InChI is InChI=1S/C15H19N3O3S/c1-18-8-10(7-16-18)14-17-11(9-22-14)15(19)21-13-6-4-3-5-12(13)20-2/h7-9,12-13H,3-6H2,1-2H3. The number of aromatic nitrogens is 3. The molecule has 22 heavy (non-hydrogen) atoms. The summed E-state index contributed by atoms with van der Waals surface area (Å²) in [5, 5.41) is 6.61. The lowest BCUT2D eigenvalue weighted by Gasteiger charge is -2.29. The van der Waals surface area contributed by atoms with E-state index >= 15 is 0 Å². The lowest BCUT2D eigenvalue weighted by Crippen LogP contribution is -2.35. The molecular formula is C15H19N3O3S. The van der Waals surface area contributed by atoms with Gasteiger partial charge in [0, 0.05) is 31.3 Å². The Labute approximate surface area is 133 Å². The third-order valence-corrected chi connectivity index (χ3v) is 4.76. The molecule has 3 rings (SSSR count). The van der Waals surface area contributed by atoms with E-state index in [0.29, 0.717) is 5.69 Å². The van der Waals surface area contributed by atoms with E-state index < -0.39 is 0 Å². The van der Waals surface area contributed by atoms with E-state index in [4.69, 9.17) is 9.47 Å². The molecule has 0 radical (unpaired) electrons. The maximum atomic E-state index is 12.3. The number of rotatable bonds is 4. The van der Waals surface area contributed by atoms with E-state index in [1.807, 2.05) is 13.2 Å². The van der Waals surface area contributed by atoms with Crippen molar-refractivity contribution in [3.05, 3.63) is 23.5 Å². The summed E-state index contributed by atoms with van der Waals surface area (Å²) in [7, 11) is 3.51. The van der Waals surface area contributed by atoms with Gasteiger partial charge in [-0.25, -0.2) is 9.78 Å².